The van der Waals surface area contributed by atoms with E-state index < -0.39 is 16.1 Å². The molecule has 11 heteroatoms. The lowest BCUT2D eigenvalue weighted by molar-refractivity contribution is -0.121. The molecule has 3 rings (SSSR count). The van der Waals surface area contributed by atoms with Gasteiger partial charge in [-0.05, 0) is 17.7 Å². The first-order valence-corrected chi connectivity index (χ1v) is 12.7. The number of benzene rings is 2. The molecule has 0 radical (unpaired) electrons. The summed E-state index contributed by atoms with van der Waals surface area (Å²) in [4.78, 5) is 16.9. The van der Waals surface area contributed by atoms with Crippen LogP contribution in [0.2, 0.25) is 0 Å². The number of rotatable bonds is 11. The average Bonchev–Trinajstić information content (AvgIpc) is 3.25. The molecule has 1 heterocycles. The van der Waals surface area contributed by atoms with Crippen LogP contribution < -0.4 is 14.8 Å². The highest BCUT2D eigenvalue weighted by Gasteiger charge is 2.20. The Morgan fingerprint density at radius 2 is 1.88 bits per heavy atom. The van der Waals surface area contributed by atoms with E-state index in [1.165, 1.54) is 11.8 Å². The van der Waals surface area contributed by atoms with E-state index in [2.05, 4.69) is 25.2 Å². The third kappa shape index (κ3) is 7.36. The van der Waals surface area contributed by atoms with E-state index in [1.807, 2.05) is 30.3 Å². The number of hydrogen-bond acceptors (Lipinski definition) is 7. The Labute approximate surface area is 191 Å². The summed E-state index contributed by atoms with van der Waals surface area (Å²) in [7, 11) is -1.95. The van der Waals surface area contributed by atoms with Crippen molar-refractivity contribution >= 4 is 27.7 Å². The number of ether oxygens (including phenoxy) is 1. The van der Waals surface area contributed by atoms with Gasteiger partial charge in [0.1, 0.15) is 5.75 Å². The van der Waals surface area contributed by atoms with E-state index in [9.17, 15) is 13.2 Å². The lowest BCUT2D eigenvalue weighted by Gasteiger charge is -2.18. The van der Waals surface area contributed by atoms with Crippen LogP contribution in [-0.4, -0.2) is 55.2 Å². The van der Waals surface area contributed by atoms with Crippen LogP contribution in [0.5, 0.6) is 5.75 Å². The van der Waals surface area contributed by atoms with Crippen molar-refractivity contribution in [3.05, 3.63) is 60.2 Å². The van der Waals surface area contributed by atoms with Crippen molar-refractivity contribution in [1.82, 2.24) is 25.2 Å². The van der Waals surface area contributed by atoms with Gasteiger partial charge in [0.25, 0.3) is 0 Å². The number of aromatic amines is 1. The number of nitrogens with one attached hydrogen (secondary N) is 3. The number of nitrogens with zero attached hydrogens (tertiary/aromatic N) is 2. The van der Waals surface area contributed by atoms with Crippen molar-refractivity contribution in [3.8, 4) is 17.1 Å². The predicted octanol–water partition coefficient (Wildman–Crippen LogP) is 2.37. The van der Waals surface area contributed by atoms with Gasteiger partial charge in [-0.15, -0.1) is 5.10 Å². The van der Waals surface area contributed by atoms with E-state index in [-0.39, 0.29) is 12.3 Å². The van der Waals surface area contributed by atoms with Crippen molar-refractivity contribution in [2.75, 3.05) is 25.7 Å². The lowest BCUT2D eigenvalue weighted by Crippen LogP contribution is -2.34. The van der Waals surface area contributed by atoms with Gasteiger partial charge in [-0.1, -0.05) is 54.2 Å². The van der Waals surface area contributed by atoms with Crippen LogP contribution in [0.4, 0.5) is 0 Å². The smallest absolute Gasteiger partial charge is 0.221 e. The van der Waals surface area contributed by atoms with Gasteiger partial charge in [-0.25, -0.2) is 18.1 Å². The summed E-state index contributed by atoms with van der Waals surface area (Å²) in [6.45, 7) is 0.396. The van der Waals surface area contributed by atoms with Crippen LogP contribution in [0, 0.1) is 0 Å². The molecular weight excluding hydrogens is 450 g/mol. The Balaban J connectivity index is 1.50. The Kier molecular flexibility index (Phi) is 8.26. The molecule has 2 aromatic carbocycles. The number of hydrogen-bond donors (Lipinski definition) is 3. The number of H-pyrrole nitrogens is 1. The van der Waals surface area contributed by atoms with Crippen LogP contribution in [0.15, 0.2) is 59.8 Å². The van der Waals surface area contributed by atoms with Crippen LogP contribution in [-0.2, 0) is 14.8 Å². The zero-order chi connectivity index (χ0) is 23.0. The summed E-state index contributed by atoms with van der Waals surface area (Å²) < 4.78 is 31.2. The molecule has 0 bridgehead atoms. The van der Waals surface area contributed by atoms with Crippen LogP contribution >= 0.6 is 11.8 Å². The van der Waals surface area contributed by atoms with Gasteiger partial charge >= 0.3 is 0 Å². The molecule has 0 spiro atoms. The molecule has 1 aromatic heterocycles. The van der Waals surface area contributed by atoms with Crippen LogP contribution in [0.3, 0.4) is 0 Å². The molecule has 32 heavy (non-hydrogen) atoms. The number of methoxy groups -OCH3 is 1. The summed E-state index contributed by atoms with van der Waals surface area (Å²) in [5, 5.41) is 10.5. The Morgan fingerprint density at radius 1 is 1.16 bits per heavy atom. The van der Waals surface area contributed by atoms with E-state index >= 15 is 0 Å². The number of aromatic nitrogens is 3. The van der Waals surface area contributed by atoms with E-state index in [1.54, 1.807) is 31.4 Å². The maximum absolute atomic E-state index is 12.4. The maximum atomic E-state index is 12.4. The number of thioether (sulfide) groups is 1. The van der Waals surface area contributed by atoms with Gasteiger partial charge < -0.3 is 10.1 Å². The highest BCUT2D eigenvalue weighted by Crippen LogP contribution is 2.21. The van der Waals surface area contributed by atoms with E-state index in [0.717, 1.165) is 11.8 Å². The summed E-state index contributed by atoms with van der Waals surface area (Å²) in [6, 6.07) is 15.9. The van der Waals surface area contributed by atoms with Crippen molar-refractivity contribution in [2.24, 2.45) is 0 Å². The molecule has 0 aliphatic rings. The van der Waals surface area contributed by atoms with Crippen molar-refractivity contribution < 1.29 is 17.9 Å². The fourth-order valence-electron chi connectivity index (χ4n) is 2.95. The molecule has 3 N–H and O–H groups in total. The van der Waals surface area contributed by atoms with Gasteiger partial charge in [0, 0.05) is 24.3 Å². The molecule has 1 amide bonds. The molecule has 3 aromatic rings. The van der Waals surface area contributed by atoms with Gasteiger partial charge in [-0.3, -0.25) is 9.89 Å². The molecular formula is C21H25N5O4S2. The van der Waals surface area contributed by atoms with Gasteiger partial charge in [0.05, 0.1) is 19.4 Å². The van der Waals surface area contributed by atoms with E-state index in [4.69, 9.17) is 4.74 Å². The largest absolute Gasteiger partial charge is 0.497 e. The highest BCUT2D eigenvalue weighted by atomic mass is 32.2. The topological polar surface area (TPSA) is 126 Å². The number of carbonyl (C=O) groups is 1. The summed E-state index contributed by atoms with van der Waals surface area (Å²) in [5.74, 6) is 1.65. The fraction of sp³-hybridized carbons (Fsp3) is 0.286. The quantitative estimate of drug-likeness (QED) is 0.287. The number of sulfonamides is 1. The Bertz CT molecular complexity index is 1120. The van der Waals surface area contributed by atoms with Crippen molar-refractivity contribution in [3.63, 3.8) is 0 Å². The molecule has 0 saturated heterocycles. The molecule has 0 unspecified atom stereocenters. The Morgan fingerprint density at radius 3 is 2.53 bits per heavy atom. The van der Waals surface area contributed by atoms with Gasteiger partial charge in [0.15, 0.2) is 5.82 Å². The first kappa shape index (κ1) is 23.8. The molecule has 9 nitrogen and oxygen atoms in total. The Hall–Kier alpha value is -2.89. The third-order valence-corrected chi connectivity index (χ3v) is 5.99. The number of carbonyl (C=O) groups excluding carboxylic acids is 1. The molecule has 0 aliphatic carbocycles. The fourth-order valence-corrected chi connectivity index (χ4v) is 4.34. The van der Waals surface area contributed by atoms with Crippen LogP contribution in [0.1, 0.15) is 18.0 Å². The second-order valence-corrected chi connectivity index (χ2v) is 9.79. The standard InChI is InChI=1S/C21H25N5O4S2/c1-30-17-10-8-15(9-11-17)18(26-32(2,28)29)14-19(27)22-12-13-31-21-23-20(24-25-21)16-6-4-3-5-7-16/h3-11,18,26H,12-14H2,1-2H3,(H,22,27)(H,23,24,25)/t18-/m0/s1. The molecule has 0 aliphatic heterocycles. The van der Waals surface area contributed by atoms with Gasteiger partial charge in [0.2, 0.25) is 21.1 Å². The average molecular weight is 476 g/mol. The maximum Gasteiger partial charge on any atom is 0.221 e. The highest BCUT2D eigenvalue weighted by molar-refractivity contribution is 7.99. The van der Waals surface area contributed by atoms with Gasteiger partial charge in [-0.2, -0.15) is 0 Å². The second kappa shape index (κ2) is 11.1. The lowest BCUT2D eigenvalue weighted by atomic mass is 10.0. The van der Waals surface area contributed by atoms with Crippen LogP contribution in [0.25, 0.3) is 11.4 Å². The molecule has 1 atom stereocenters. The van der Waals surface area contributed by atoms with E-state index in [0.29, 0.717) is 34.6 Å². The number of amides is 1. The normalized spacial score (nSPS) is 12.3. The molecule has 170 valence electrons. The molecule has 0 fully saturated rings. The first-order valence-electron chi connectivity index (χ1n) is 9.82. The second-order valence-electron chi connectivity index (χ2n) is 6.95. The minimum Gasteiger partial charge on any atom is -0.497 e. The summed E-state index contributed by atoms with van der Waals surface area (Å²) >= 11 is 1.41. The monoisotopic (exact) mass is 475 g/mol. The molecule has 0 saturated carbocycles. The minimum absolute atomic E-state index is 0.0249. The zero-order valence-corrected chi connectivity index (χ0v) is 19.4. The summed E-state index contributed by atoms with van der Waals surface area (Å²) in [5.41, 5.74) is 1.62. The van der Waals surface area contributed by atoms with Crippen molar-refractivity contribution in [1.29, 1.82) is 0 Å². The summed E-state index contributed by atoms with van der Waals surface area (Å²) in [6.07, 6.45) is 1.04. The first-order chi connectivity index (χ1) is 15.3. The third-order valence-electron chi connectivity index (χ3n) is 4.43. The minimum atomic E-state index is -3.50. The predicted molar refractivity (Wildman–Crippen MR) is 124 cm³/mol. The van der Waals surface area contributed by atoms with Crippen molar-refractivity contribution in [2.45, 2.75) is 17.6 Å². The SMILES string of the molecule is COc1ccc([C@H](CC(=O)NCCSc2n[nH]c(-c3ccccc3)n2)NS(C)(=O)=O)cc1. The zero-order valence-electron chi connectivity index (χ0n) is 17.7.